The summed E-state index contributed by atoms with van der Waals surface area (Å²) in [7, 11) is 3.03. The zero-order valence-electron chi connectivity index (χ0n) is 7.70. The summed E-state index contributed by atoms with van der Waals surface area (Å²) in [6.45, 7) is 3.63. The summed E-state index contributed by atoms with van der Waals surface area (Å²) in [6.07, 6.45) is 1.64. The van der Waals surface area contributed by atoms with Crippen molar-refractivity contribution in [1.82, 2.24) is 0 Å². The smallest absolute Gasteiger partial charge is 0.161 e. The molecule has 3 nitrogen and oxygen atoms in total. The minimum absolute atomic E-state index is 0.0601. The first kappa shape index (κ1) is 9.45. The highest BCUT2D eigenvalue weighted by atomic mass is 16.5. The van der Waals surface area contributed by atoms with Crippen LogP contribution in [0, 0.1) is 0 Å². The maximum Gasteiger partial charge on any atom is 0.161 e. The quantitative estimate of drug-likeness (QED) is 0.773. The van der Waals surface area contributed by atoms with Gasteiger partial charge in [0.25, 0.3) is 0 Å². The second-order valence-electron chi connectivity index (χ2n) is 2.47. The molecule has 0 aromatic heterocycles. The largest absolute Gasteiger partial charge is 0.504 e. The van der Waals surface area contributed by atoms with Crippen molar-refractivity contribution >= 4 is 6.08 Å². The number of ether oxygens (including phenoxy) is 2. The van der Waals surface area contributed by atoms with Crippen LogP contribution in [0.2, 0.25) is 0 Å². The van der Waals surface area contributed by atoms with Crippen molar-refractivity contribution in [3.8, 4) is 17.2 Å². The number of rotatable bonds is 3. The van der Waals surface area contributed by atoms with Crippen molar-refractivity contribution in [1.29, 1.82) is 0 Å². The second kappa shape index (κ2) is 3.85. The Morgan fingerprint density at radius 1 is 1.23 bits per heavy atom. The minimum atomic E-state index is 0.0601. The molecule has 13 heavy (non-hydrogen) atoms. The molecule has 0 heterocycles. The lowest BCUT2D eigenvalue weighted by Crippen LogP contribution is -1.90. The number of aromatic hydroxyl groups is 1. The first-order valence-electron chi connectivity index (χ1n) is 3.80. The molecule has 0 unspecified atom stereocenters. The molecule has 0 saturated carbocycles. The van der Waals surface area contributed by atoms with E-state index in [0.29, 0.717) is 11.5 Å². The fourth-order valence-corrected chi connectivity index (χ4v) is 1.06. The van der Waals surface area contributed by atoms with Gasteiger partial charge in [-0.15, -0.1) is 0 Å². The van der Waals surface area contributed by atoms with Crippen molar-refractivity contribution in [3.05, 3.63) is 24.3 Å². The molecule has 0 atom stereocenters. The zero-order chi connectivity index (χ0) is 9.84. The SMILES string of the molecule is C=Cc1cc(OC)c(O)cc1OC. The van der Waals surface area contributed by atoms with E-state index in [4.69, 9.17) is 9.47 Å². The summed E-state index contributed by atoms with van der Waals surface area (Å²) in [5.74, 6) is 1.05. The number of phenols is 1. The van der Waals surface area contributed by atoms with Crippen LogP contribution in [0.1, 0.15) is 5.56 Å². The van der Waals surface area contributed by atoms with Crippen LogP contribution in [0.3, 0.4) is 0 Å². The van der Waals surface area contributed by atoms with E-state index < -0.39 is 0 Å². The molecule has 0 aliphatic rings. The topological polar surface area (TPSA) is 38.7 Å². The van der Waals surface area contributed by atoms with E-state index in [-0.39, 0.29) is 5.75 Å². The molecule has 3 heteroatoms. The van der Waals surface area contributed by atoms with Crippen LogP contribution in [-0.4, -0.2) is 19.3 Å². The first-order valence-corrected chi connectivity index (χ1v) is 3.80. The molecule has 1 aromatic carbocycles. The lowest BCUT2D eigenvalue weighted by Gasteiger charge is -2.08. The first-order chi connectivity index (χ1) is 6.22. The summed E-state index contributed by atoms with van der Waals surface area (Å²) in [5.41, 5.74) is 0.789. The molecular weight excluding hydrogens is 168 g/mol. The van der Waals surface area contributed by atoms with Gasteiger partial charge in [-0.25, -0.2) is 0 Å². The van der Waals surface area contributed by atoms with Gasteiger partial charge in [-0.3, -0.25) is 0 Å². The van der Waals surface area contributed by atoms with E-state index in [1.165, 1.54) is 20.3 Å². The maximum absolute atomic E-state index is 9.40. The predicted octanol–water partition coefficient (Wildman–Crippen LogP) is 2.05. The monoisotopic (exact) mass is 180 g/mol. The van der Waals surface area contributed by atoms with E-state index in [2.05, 4.69) is 6.58 Å². The lowest BCUT2D eigenvalue weighted by atomic mass is 10.2. The number of methoxy groups -OCH3 is 2. The molecule has 1 N–H and O–H groups in total. The Hall–Kier alpha value is -1.64. The van der Waals surface area contributed by atoms with Gasteiger partial charge in [0.05, 0.1) is 14.2 Å². The highest BCUT2D eigenvalue weighted by molar-refractivity contribution is 5.62. The van der Waals surface area contributed by atoms with Gasteiger partial charge < -0.3 is 14.6 Å². The Morgan fingerprint density at radius 2 is 1.85 bits per heavy atom. The molecule has 0 saturated heterocycles. The average Bonchev–Trinajstić information content (AvgIpc) is 2.17. The Balaban J connectivity index is 3.26. The highest BCUT2D eigenvalue weighted by Crippen LogP contribution is 2.33. The number of phenolic OH excluding ortho intramolecular Hbond substituents is 1. The van der Waals surface area contributed by atoms with Crippen LogP contribution in [0.4, 0.5) is 0 Å². The minimum Gasteiger partial charge on any atom is -0.504 e. The van der Waals surface area contributed by atoms with E-state index in [0.717, 1.165) is 5.56 Å². The second-order valence-corrected chi connectivity index (χ2v) is 2.47. The fraction of sp³-hybridized carbons (Fsp3) is 0.200. The third-order valence-electron chi connectivity index (χ3n) is 1.75. The van der Waals surface area contributed by atoms with E-state index in [9.17, 15) is 5.11 Å². The van der Waals surface area contributed by atoms with Crippen LogP contribution < -0.4 is 9.47 Å². The molecule has 1 aromatic rings. The van der Waals surface area contributed by atoms with E-state index in [1.54, 1.807) is 12.1 Å². The van der Waals surface area contributed by atoms with E-state index in [1.807, 2.05) is 0 Å². The van der Waals surface area contributed by atoms with Gasteiger partial charge in [0.1, 0.15) is 5.75 Å². The normalized spacial score (nSPS) is 9.38. The van der Waals surface area contributed by atoms with Gasteiger partial charge in [0.2, 0.25) is 0 Å². The molecule has 0 amide bonds. The van der Waals surface area contributed by atoms with Crippen LogP contribution in [-0.2, 0) is 0 Å². The molecule has 0 radical (unpaired) electrons. The lowest BCUT2D eigenvalue weighted by molar-refractivity contribution is 0.365. The van der Waals surface area contributed by atoms with Gasteiger partial charge in [0.15, 0.2) is 11.5 Å². The standard InChI is InChI=1S/C10H12O3/c1-4-7-5-10(13-3)8(11)6-9(7)12-2/h4-6,11H,1H2,2-3H3. The van der Waals surface area contributed by atoms with Gasteiger partial charge in [0, 0.05) is 11.6 Å². The van der Waals surface area contributed by atoms with Crippen molar-refractivity contribution in [2.24, 2.45) is 0 Å². The van der Waals surface area contributed by atoms with Crippen molar-refractivity contribution in [3.63, 3.8) is 0 Å². The van der Waals surface area contributed by atoms with Crippen molar-refractivity contribution in [2.45, 2.75) is 0 Å². The molecule has 0 aliphatic heterocycles. The predicted molar refractivity (Wildman–Crippen MR) is 51.3 cm³/mol. The molecular formula is C10H12O3. The number of benzene rings is 1. The number of hydrogen-bond donors (Lipinski definition) is 1. The van der Waals surface area contributed by atoms with Crippen LogP contribution >= 0.6 is 0 Å². The Morgan fingerprint density at radius 3 is 2.31 bits per heavy atom. The summed E-state index contributed by atoms with van der Waals surface area (Å²) in [6, 6.07) is 3.16. The highest BCUT2D eigenvalue weighted by Gasteiger charge is 2.07. The molecule has 0 fully saturated rings. The van der Waals surface area contributed by atoms with Crippen LogP contribution in [0.25, 0.3) is 6.08 Å². The summed E-state index contributed by atoms with van der Waals surface area (Å²) < 4.78 is 9.96. The Labute approximate surface area is 77.2 Å². The van der Waals surface area contributed by atoms with Crippen LogP contribution in [0.15, 0.2) is 18.7 Å². The van der Waals surface area contributed by atoms with Crippen molar-refractivity contribution < 1.29 is 14.6 Å². The fourth-order valence-electron chi connectivity index (χ4n) is 1.06. The molecule has 0 aliphatic carbocycles. The summed E-state index contributed by atoms with van der Waals surface area (Å²) in [4.78, 5) is 0. The van der Waals surface area contributed by atoms with Crippen LogP contribution in [0.5, 0.6) is 17.2 Å². The van der Waals surface area contributed by atoms with Crippen molar-refractivity contribution in [2.75, 3.05) is 14.2 Å². The molecule has 70 valence electrons. The Bertz CT molecular complexity index is 318. The molecule has 1 rings (SSSR count). The van der Waals surface area contributed by atoms with Gasteiger partial charge in [-0.1, -0.05) is 12.7 Å². The molecule has 0 spiro atoms. The third kappa shape index (κ3) is 1.75. The summed E-state index contributed by atoms with van der Waals surface area (Å²) >= 11 is 0. The molecule has 0 bridgehead atoms. The van der Waals surface area contributed by atoms with Gasteiger partial charge in [-0.2, -0.15) is 0 Å². The average molecular weight is 180 g/mol. The zero-order valence-corrected chi connectivity index (χ0v) is 7.70. The number of hydrogen-bond acceptors (Lipinski definition) is 3. The Kier molecular flexibility index (Phi) is 2.80. The summed E-state index contributed by atoms with van der Waals surface area (Å²) in [5, 5.41) is 9.40. The maximum atomic E-state index is 9.40. The van der Waals surface area contributed by atoms with E-state index >= 15 is 0 Å². The third-order valence-corrected chi connectivity index (χ3v) is 1.75. The van der Waals surface area contributed by atoms with Gasteiger partial charge >= 0.3 is 0 Å². The van der Waals surface area contributed by atoms with Gasteiger partial charge in [-0.05, 0) is 6.07 Å².